The fourth-order valence-electron chi connectivity index (χ4n) is 3.21. The molecule has 0 aliphatic carbocycles. The molecule has 0 bridgehead atoms. The number of likely N-dealkylation sites (N-methyl/N-ethyl adjacent to an activating group) is 1. The molecule has 0 N–H and O–H groups in total. The van der Waals surface area contributed by atoms with Gasteiger partial charge in [-0.3, -0.25) is 4.90 Å². The molecule has 7 nitrogen and oxygen atoms in total. The van der Waals surface area contributed by atoms with E-state index in [1.165, 1.54) is 10.8 Å². The van der Waals surface area contributed by atoms with Crippen molar-refractivity contribution in [1.82, 2.24) is 24.5 Å². The van der Waals surface area contributed by atoms with E-state index in [1.54, 1.807) is 0 Å². The first kappa shape index (κ1) is 14.6. The lowest BCUT2D eigenvalue weighted by Crippen LogP contribution is -2.48. The number of aromatic nitrogens is 4. The van der Waals surface area contributed by atoms with Gasteiger partial charge < -0.3 is 9.64 Å². The van der Waals surface area contributed by atoms with Crippen molar-refractivity contribution in [1.29, 1.82) is 0 Å². The second-order valence-corrected chi connectivity index (χ2v) is 5.83. The summed E-state index contributed by atoms with van der Waals surface area (Å²) >= 11 is 0. The van der Waals surface area contributed by atoms with Gasteiger partial charge in [-0.1, -0.05) is 0 Å². The second kappa shape index (κ2) is 5.03. The molecule has 2 aliphatic heterocycles. The first-order valence-electron chi connectivity index (χ1n) is 7.28. The molecule has 2 aromatic heterocycles. The summed E-state index contributed by atoms with van der Waals surface area (Å²) in [6.07, 6.45) is -3.34. The maximum atomic E-state index is 13.1. The Morgan fingerprint density at radius 3 is 2.87 bits per heavy atom. The van der Waals surface area contributed by atoms with E-state index in [4.69, 9.17) is 4.74 Å². The smallest absolute Gasteiger partial charge is 0.373 e. The van der Waals surface area contributed by atoms with E-state index in [1.807, 2.05) is 11.9 Å². The molecule has 0 radical (unpaired) electrons. The molecule has 0 aromatic carbocycles. The minimum Gasteiger partial charge on any atom is -0.373 e. The van der Waals surface area contributed by atoms with Crippen molar-refractivity contribution in [2.75, 3.05) is 38.2 Å². The molecular weight excluding hydrogens is 313 g/mol. The SMILES string of the molecule is CN1CCOC2CN(c3cc(C(F)(F)F)nc4ncnn34)CC21. The van der Waals surface area contributed by atoms with E-state index >= 15 is 0 Å². The van der Waals surface area contributed by atoms with Gasteiger partial charge in [-0.15, -0.1) is 0 Å². The average Bonchev–Trinajstić information content (AvgIpc) is 3.12. The third-order valence-corrected chi connectivity index (χ3v) is 4.43. The van der Waals surface area contributed by atoms with Crippen LogP contribution in [0, 0.1) is 0 Å². The zero-order valence-corrected chi connectivity index (χ0v) is 12.4. The second-order valence-electron chi connectivity index (χ2n) is 5.83. The molecule has 23 heavy (non-hydrogen) atoms. The third-order valence-electron chi connectivity index (χ3n) is 4.43. The molecule has 10 heteroatoms. The molecule has 2 saturated heterocycles. The molecule has 4 heterocycles. The third kappa shape index (κ3) is 2.41. The highest BCUT2D eigenvalue weighted by Gasteiger charge is 2.41. The van der Waals surface area contributed by atoms with Crippen molar-refractivity contribution in [3.63, 3.8) is 0 Å². The summed E-state index contributed by atoms with van der Waals surface area (Å²) in [4.78, 5) is 11.4. The molecule has 0 spiro atoms. The number of rotatable bonds is 1. The maximum Gasteiger partial charge on any atom is 0.433 e. The van der Waals surface area contributed by atoms with Crippen LogP contribution >= 0.6 is 0 Å². The van der Waals surface area contributed by atoms with Crippen LogP contribution in [0.25, 0.3) is 5.78 Å². The van der Waals surface area contributed by atoms with Crippen molar-refractivity contribution in [3.8, 4) is 0 Å². The minimum atomic E-state index is -4.53. The standard InChI is InChI=1S/C13H15F3N6O/c1-20-2-3-23-9-6-21(5-8(9)20)11-4-10(13(14,15)16)19-12-17-7-18-22(11)12/h4,7-9H,2-3,5-6H2,1H3. The Morgan fingerprint density at radius 2 is 2.13 bits per heavy atom. The molecule has 4 rings (SSSR count). The number of ether oxygens (including phenoxy) is 1. The van der Waals surface area contributed by atoms with E-state index < -0.39 is 11.9 Å². The van der Waals surface area contributed by atoms with Crippen molar-refractivity contribution in [2.24, 2.45) is 0 Å². The quantitative estimate of drug-likeness (QED) is 0.767. The Labute approximate surface area is 129 Å². The van der Waals surface area contributed by atoms with E-state index in [9.17, 15) is 13.2 Å². The van der Waals surface area contributed by atoms with Crippen LogP contribution in [0.15, 0.2) is 12.4 Å². The first-order valence-corrected chi connectivity index (χ1v) is 7.28. The van der Waals surface area contributed by atoms with Crippen LogP contribution in [0.3, 0.4) is 0 Å². The van der Waals surface area contributed by atoms with Crippen LogP contribution in [-0.4, -0.2) is 69.9 Å². The van der Waals surface area contributed by atoms with Crippen molar-refractivity contribution in [2.45, 2.75) is 18.3 Å². The van der Waals surface area contributed by atoms with Crippen LogP contribution in [0.1, 0.15) is 5.69 Å². The first-order chi connectivity index (χ1) is 10.9. The van der Waals surface area contributed by atoms with Crippen molar-refractivity contribution < 1.29 is 17.9 Å². The molecule has 0 amide bonds. The maximum absolute atomic E-state index is 13.1. The number of halogens is 3. The van der Waals surface area contributed by atoms with Crippen LogP contribution in [0.2, 0.25) is 0 Å². The fraction of sp³-hybridized carbons (Fsp3) is 0.615. The van der Waals surface area contributed by atoms with E-state index in [2.05, 4.69) is 20.0 Å². The van der Waals surface area contributed by atoms with Gasteiger partial charge in [-0.2, -0.15) is 27.8 Å². The Hall–Kier alpha value is -1.94. The molecule has 0 saturated carbocycles. The van der Waals surface area contributed by atoms with Crippen molar-refractivity contribution in [3.05, 3.63) is 18.1 Å². The predicted molar refractivity (Wildman–Crippen MR) is 74.2 cm³/mol. The van der Waals surface area contributed by atoms with Gasteiger partial charge in [0.15, 0.2) is 5.69 Å². The molecule has 2 aliphatic rings. The topological polar surface area (TPSA) is 58.8 Å². The zero-order valence-electron chi connectivity index (χ0n) is 12.4. The minimum absolute atomic E-state index is 0.0187. The van der Waals surface area contributed by atoms with Crippen LogP contribution in [-0.2, 0) is 10.9 Å². The summed E-state index contributed by atoms with van der Waals surface area (Å²) in [7, 11) is 2.00. The summed E-state index contributed by atoms with van der Waals surface area (Å²) < 4.78 is 46.3. The Kier molecular flexibility index (Phi) is 3.20. The highest BCUT2D eigenvalue weighted by molar-refractivity contribution is 5.49. The molecule has 2 fully saturated rings. The number of alkyl halides is 3. The number of morpholine rings is 1. The lowest BCUT2D eigenvalue weighted by molar-refractivity contribution is -0.141. The monoisotopic (exact) mass is 328 g/mol. The number of hydrogen-bond acceptors (Lipinski definition) is 6. The highest BCUT2D eigenvalue weighted by atomic mass is 19.4. The number of fused-ring (bicyclic) bond motifs is 2. The highest BCUT2D eigenvalue weighted by Crippen LogP contribution is 2.32. The molecule has 2 atom stereocenters. The van der Waals surface area contributed by atoms with Gasteiger partial charge in [0.05, 0.1) is 18.8 Å². The van der Waals surface area contributed by atoms with Gasteiger partial charge in [0.2, 0.25) is 0 Å². The van der Waals surface area contributed by atoms with Crippen LogP contribution in [0.4, 0.5) is 19.0 Å². The summed E-state index contributed by atoms with van der Waals surface area (Å²) in [6, 6.07) is 1.18. The van der Waals surface area contributed by atoms with E-state index in [0.717, 1.165) is 12.6 Å². The zero-order chi connectivity index (χ0) is 16.2. The Morgan fingerprint density at radius 1 is 1.30 bits per heavy atom. The normalized spacial score (nSPS) is 26.0. The number of hydrogen-bond donors (Lipinski definition) is 0. The Balaban J connectivity index is 1.75. The van der Waals surface area contributed by atoms with Gasteiger partial charge in [-0.25, -0.2) is 4.98 Å². The number of nitrogens with zero attached hydrogens (tertiary/aromatic N) is 6. The fourth-order valence-corrected chi connectivity index (χ4v) is 3.21. The van der Waals surface area contributed by atoms with Gasteiger partial charge in [0, 0.05) is 25.7 Å². The molecular formula is C13H15F3N6O. The van der Waals surface area contributed by atoms with Crippen molar-refractivity contribution >= 4 is 11.6 Å². The Bertz CT molecular complexity index is 732. The van der Waals surface area contributed by atoms with Crippen LogP contribution in [0.5, 0.6) is 0 Å². The summed E-state index contributed by atoms with van der Waals surface area (Å²) in [5.41, 5.74) is -0.961. The van der Waals surface area contributed by atoms with Crippen LogP contribution < -0.4 is 4.90 Å². The lowest BCUT2D eigenvalue weighted by atomic mass is 10.1. The summed E-state index contributed by atoms with van der Waals surface area (Å²) in [5, 5.41) is 4.00. The van der Waals surface area contributed by atoms with Gasteiger partial charge >= 0.3 is 6.18 Å². The number of anilines is 1. The molecule has 124 valence electrons. The van der Waals surface area contributed by atoms with Gasteiger partial charge in [0.25, 0.3) is 5.78 Å². The lowest BCUT2D eigenvalue weighted by Gasteiger charge is -2.33. The molecule has 2 aromatic rings. The van der Waals surface area contributed by atoms with Gasteiger partial charge in [0.1, 0.15) is 12.1 Å². The molecule has 2 unspecified atom stereocenters. The van der Waals surface area contributed by atoms with E-state index in [0.29, 0.717) is 25.5 Å². The summed E-state index contributed by atoms with van der Waals surface area (Å²) in [6.45, 7) is 2.55. The predicted octanol–water partition coefficient (Wildman–Crippen LogP) is 0.662. The average molecular weight is 328 g/mol. The largest absolute Gasteiger partial charge is 0.433 e. The van der Waals surface area contributed by atoms with Gasteiger partial charge in [-0.05, 0) is 7.05 Å². The van der Waals surface area contributed by atoms with E-state index in [-0.39, 0.29) is 17.9 Å². The summed E-state index contributed by atoms with van der Waals surface area (Å²) in [5.74, 6) is 0.283.